The molecule has 0 N–H and O–H groups in total. The second-order valence-corrected chi connectivity index (χ2v) is 7.53. The lowest BCUT2D eigenvalue weighted by atomic mass is 9.82. The molecule has 1 aliphatic carbocycles. The Labute approximate surface area is 131 Å². The summed E-state index contributed by atoms with van der Waals surface area (Å²) in [6.07, 6.45) is 5.36. The summed E-state index contributed by atoms with van der Waals surface area (Å²) in [6.45, 7) is 3.80. The maximum atomic E-state index is 2.71. The van der Waals surface area contributed by atoms with Gasteiger partial charge in [-0.3, -0.25) is 0 Å². The van der Waals surface area contributed by atoms with Crippen LogP contribution in [0.2, 0.25) is 0 Å². The molecular formula is C19H23NS. The second kappa shape index (κ2) is 5.94. The molecule has 2 aromatic rings. The number of fused-ring (bicyclic) bond motifs is 1. The number of hydrogen-bond acceptors (Lipinski definition) is 2. The lowest BCUT2D eigenvalue weighted by molar-refractivity contribution is 0.297. The van der Waals surface area contributed by atoms with Gasteiger partial charge in [-0.2, -0.15) is 0 Å². The molecule has 1 nitrogen and oxygen atoms in total. The zero-order valence-corrected chi connectivity index (χ0v) is 13.3. The molecule has 2 heterocycles. The van der Waals surface area contributed by atoms with Crippen molar-refractivity contribution in [1.82, 2.24) is 4.90 Å². The quantitative estimate of drug-likeness (QED) is 0.796. The fraction of sp³-hybridized carbons (Fsp3) is 0.474. The first-order chi connectivity index (χ1) is 10.4. The zero-order valence-electron chi connectivity index (χ0n) is 12.5. The highest BCUT2D eigenvalue weighted by Crippen LogP contribution is 2.35. The SMILES string of the molecule is c1csc(C2CCN(CC3CCCc4ccccc43)C2)c1. The van der Waals surface area contributed by atoms with Crippen LogP contribution in [0.1, 0.15) is 47.1 Å². The van der Waals surface area contributed by atoms with Crippen LogP contribution in [0.5, 0.6) is 0 Å². The first-order valence-corrected chi connectivity index (χ1v) is 9.11. The smallest absolute Gasteiger partial charge is 0.00894 e. The summed E-state index contributed by atoms with van der Waals surface area (Å²) in [5.74, 6) is 1.54. The molecule has 0 spiro atoms. The number of nitrogens with zero attached hydrogens (tertiary/aromatic N) is 1. The van der Waals surface area contributed by atoms with Gasteiger partial charge in [-0.25, -0.2) is 0 Å². The summed E-state index contributed by atoms with van der Waals surface area (Å²) >= 11 is 1.93. The van der Waals surface area contributed by atoms with E-state index in [1.165, 1.54) is 45.3 Å². The van der Waals surface area contributed by atoms with Gasteiger partial charge < -0.3 is 4.90 Å². The third-order valence-electron chi connectivity index (χ3n) is 5.19. The van der Waals surface area contributed by atoms with Crippen LogP contribution in [-0.2, 0) is 6.42 Å². The molecule has 0 amide bonds. The van der Waals surface area contributed by atoms with Crippen molar-refractivity contribution in [2.24, 2.45) is 0 Å². The van der Waals surface area contributed by atoms with Crippen molar-refractivity contribution >= 4 is 11.3 Å². The van der Waals surface area contributed by atoms with E-state index in [0.717, 1.165) is 11.8 Å². The average molecular weight is 297 g/mol. The van der Waals surface area contributed by atoms with Crippen LogP contribution in [-0.4, -0.2) is 24.5 Å². The Balaban J connectivity index is 1.44. The minimum Gasteiger partial charge on any atom is -0.302 e. The molecule has 110 valence electrons. The van der Waals surface area contributed by atoms with Gasteiger partial charge in [0.25, 0.3) is 0 Å². The molecule has 2 heteroatoms. The molecule has 1 aliphatic heterocycles. The van der Waals surface area contributed by atoms with Crippen molar-refractivity contribution < 1.29 is 0 Å². The molecule has 2 unspecified atom stereocenters. The van der Waals surface area contributed by atoms with Gasteiger partial charge in [0.2, 0.25) is 0 Å². The number of aryl methyl sites for hydroxylation is 1. The first-order valence-electron chi connectivity index (χ1n) is 8.24. The van der Waals surface area contributed by atoms with E-state index in [1.54, 1.807) is 16.0 Å². The van der Waals surface area contributed by atoms with E-state index in [9.17, 15) is 0 Å². The van der Waals surface area contributed by atoms with Gasteiger partial charge in [0.05, 0.1) is 0 Å². The molecule has 1 saturated heterocycles. The number of hydrogen-bond donors (Lipinski definition) is 0. The Morgan fingerprint density at radius 2 is 2.05 bits per heavy atom. The summed E-state index contributed by atoms with van der Waals surface area (Å²) in [7, 11) is 0. The van der Waals surface area contributed by atoms with Crippen molar-refractivity contribution in [3.63, 3.8) is 0 Å². The Hall–Kier alpha value is -1.12. The first kappa shape index (κ1) is 13.5. The maximum Gasteiger partial charge on any atom is 0.00894 e. The minimum atomic E-state index is 0.761. The summed E-state index contributed by atoms with van der Waals surface area (Å²) in [4.78, 5) is 4.29. The van der Waals surface area contributed by atoms with E-state index in [4.69, 9.17) is 0 Å². The number of likely N-dealkylation sites (tertiary alicyclic amines) is 1. The molecule has 2 aliphatic rings. The molecule has 0 radical (unpaired) electrons. The van der Waals surface area contributed by atoms with Gasteiger partial charge in [0, 0.05) is 23.9 Å². The predicted molar refractivity (Wildman–Crippen MR) is 90.2 cm³/mol. The lowest BCUT2D eigenvalue weighted by Crippen LogP contribution is -2.28. The van der Waals surface area contributed by atoms with Crippen LogP contribution in [0.15, 0.2) is 41.8 Å². The van der Waals surface area contributed by atoms with Crippen LogP contribution in [0.4, 0.5) is 0 Å². The molecular weight excluding hydrogens is 274 g/mol. The Bertz CT molecular complexity index is 589. The second-order valence-electron chi connectivity index (χ2n) is 6.55. The molecule has 1 fully saturated rings. The number of benzene rings is 1. The summed E-state index contributed by atoms with van der Waals surface area (Å²) in [5, 5.41) is 2.22. The van der Waals surface area contributed by atoms with E-state index < -0.39 is 0 Å². The standard InChI is InChI=1S/C19H23NS/c1-2-8-18-15(5-1)6-3-7-16(18)13-20-11-10-17(14-20)19-9-4-12-21-19/h1-2,4-5,8-9,12,16-17H,3,6-7,10-11,13-14H2. The number of rotatable bonds is 3. The number of thiophene rings is 1. The van der Waals surface area contributed by atoms with Gasteiger partial charge in [-0.15, -0.1) is 11.3 Å². The van der Waals surface area contributed by atoms with Gasteiger partial charge in [0.1, 0.15) is 0 Å². The van der Waals surface area contributed by atoms with Gasteiger partial charge in [0.15, 0.2) is 0 Å². The van der Waals surface area contributed by atoms with E-state index in [2.05, 4.69) is 46.7 Å². The maximum absolute atomic E-state index is 2.71. The molecule has 1 aromatic carbocycles. The normalized spacial score (nSPS) is 25.9. The van der Waals surface area contributed by atoms with Gasteiger partial charge in [-0.05, 0) is 60.7 Å². The molecule has 0 bridgehead atoms. The molecule has 2 atom stereocenters. The van der Waals surface area contributed by atoms with E-state index in [0.29, 0.717) is 0 Å². The van der Waals surface area contributed by atoms with Crippen LogP contribution in [0.3, 0.4) is 0 Å². The van der Waals surface area contributed by atoms with E-state index >= 15 is 0 Å². The average Bonchev–Trinajstić information content (AvgIpc) is 3.18. The van der Waals surface area contributed by atoms with Crippen LogP contribution >= 0.6 is 11.3 Å². The monoisotopic (exact) mass is 297 g/mol. The third-order valence-corrected chi connectivity index (χ3v) is 6.22. The van der Waals surface area contributed by atoms with Gasteiger partial charge >= 0.3 is 0 Å². The highest BCUT2D eigenvalue weighted by Gasteiger charge is 2.28. The summed E-state index contributed by atoms with van der Waals surface area (Å²) < 4.78 is 0. The summed E-state index contributed by atoms with van der Waals surface area (Å²) in [6, 6.07) is 13.6. The van der Waals surface area contributed by atoms with Gasteiger partial charge in [-0.1, -0.05) is 30.3 Å². The highest BCUT2D eigenvalue weighted by atomic mass is 32.1. The van der Waals surface area contributed by atoms with E-state index in [-0.39, 0.29) is 0 Å². The van der Waals surface area contributed by atoms with Crippen molar-refractivity contribution in [3.05, 3.63) is 57.8 Å². The van der Waals surface area contributed by atoms with Crippen molar-refractivity contribution in [2.75, 3.05) is 19.6 Å². The third kappa shape index (κ3) is 2.79. The minimum absolute atomic E-state index is 0.761. The molecule has 0 saturated carbocycles. The van der Waals surface area contributed by atoms with Crippen molar-refractivity contribution in [1.29, 1.82) is 0 Å². The molecule has 1 aromatic heterocycles. The largest absolute Gasteiger partial charge is 0.302 e. The Kier molecular flexibility index (Phi) is 3.83. The Morgan fingerprint density at radius 1 is 1.10 bits per heavy atom. The van der Waals surface area contributed by atoms with Crippen molar-refractivity contribution in [2.45, 2.75) is 37.5 Å². The summed E-state index contributed by atoms with van der Waals surface area (Å²) in [5.41, 5.74) is 3.23. The van der Waals surface area contributed by atoms with Crippen LogP contribution < -0.4 is 0 Å². The highest BCUT2D eigenvalue weighted by molar-refractivity contribution is 7.10. The van der Waals surface area contributed by atoms with Crippen LogP contribution in [0.25, 0.3) is 0 Å². The fourth-order valence-corrected chi connectivity index (χ4v) is 4.97. The zero-order chi connectivity index (χ0) is 14.1. The lowest BCUT2D eigenvalue weighted by Gasteiger charge is -2.29. The fourth-order valence-electron chi connectivity index (χ4n) is 4.11. The Morgan fingerprint density at radius 3 is 2.95 bits per heavy atom. The van der Waals surface area contributed by atoms with E-state index in [1.807, 2.05) is 11.3 Å². The topological polar surface area (TPSA) is 3.24 Å². The molecule has 4 rings (SSSR count). The van der Waals surface area contributed by atoms with Crippen molar-refractivity contribution in [3.8, 4) is 0 Å². The van der Waals surface area contributed by atoms with Crippen LogP contribution in [0, 0.1) is 0 Å². The predicted octanol–water partition coefficient (Wildman–Crippen LogP) is 4.66. The molecule has 21 heavy (non-hydrogen) atoms.